The number of carbonyl (C=O) groups is 1. The molecule has 1 atom stereocenters. The molecule has 4 nitrogen and oxygen atoms in total. The summed E-state index contributed by atoms with van der Waals surface area (Å²) in [5.41, 5.74) is 4.10. The first-order chi connectivity index (χ1) is 12.0. The van der Waals surface area contributed by atoms with Gasteiger partial charge in [-0.3, -0.25) is 4.79 Å². The van der Waals surface area contributed by atoms with Crippen molar-refractivity contribution < 1.29 is 14.3 Å². The Balaban J connectivity index is 1.90. The van der Waals surface area contributed by atoms with Gasteiger partial charge in [0.15, 0.2) is 0 Å². The van der Waals surface area contributed by atoms with Gasteiger partial charge in [-0.25, -0.2) is 4.39 Å². The predicted molar refractivity (Wildman–Crippen MR) is 96.6 cm³/mol. The molecule has 3 rings (SSSR count). The van der Waals surface area contributed by atoms with Crippen molar-refractivity contribution in [2.75, 3.05) is 0 Å². The van der Waals surface area contributed by atoms with E-state index in [9.17, 15) is 14.3 Å². The number of halogens is 1. The number of aliphatic hydroxyl groups is 1. The van der Waals surface area contributed by atoms with Gasteiger partial charge in [0.25, 0.3) is 0 Å². The lowest BCUT2D eigenvalue weighted by atomic mass is 10.0. The molecule has 3 N–H and O–H groups in total. The number of H-pyrrole nitrogens is 1. The van der Waals surface area contributed by atoms with E-state index in [1.54, 1.807) is 19.1 Å². The lowest BCUT2D eigenvalue weighted by molar-refractivity contribution is -0.129. The summed E-state index contributed by atoms with van der Waals surface area (Å²) >= 11 is 0. The van der Waals surface area contributed by atoms with Crippen molar-refractivity contribution in [3.05, 3.63) is 59.4 Å². The van der Waals surface area contributed by atoms with Gasteiger partial charge in [0.05, 0.1) is 5.69 Å². The van der Waals surface area contributed by atoms with Gasteiger partial charge in [0.2, 0.25) is 5.91 Å². The van der Waals surface area contributed by atoms with E-state index in [4.69, 9.17) is 0 Å². The van der Waals surface area contributed by atoms with Gasteiger partial charge >= 0.3 is 0 Å². The summed E-state index contributed by atoms with van der Waals surface area (Å²) in [7, 11) is 0. The second kappa shape index (κ2) is 7.07. The number of fused-ring (bicyclic) bond motifs is 1. The molecule has 1 heterocycles. The zero-order chi connectivity index (χ0) is 18.0. The van der Waals surface area contributed by atoms with Crippen molar-refractivity contribution in [1.82, 2.24) is 10.3 Å². The number of benzene rings is 2. The Hall–Kier alpha value is -2.66. The number of hydrogen-bond donors (Lipinski definition) is 3. The molecule has 0 saturated carbocycles. The number of hydrogen-bond acceptors (Lipinski definition) is 2. The molecule has 5 heteroatoms. The largest absolute Gasteiger partial charge is 0.383 e. The van der Waals surface area contributed by atoms with Gasteiger partial charge in [-0.2, -0.15) is 0 Å². The van der Waals surface area contributed by atoms with Crippen LogP contribution < -0.4 is 5.32 Å². The van der Waals surface area contributed by atoms with Crippen molar-refractivity contribution >= 4 is 16.8 Å². The third kappa shape index (κ3) is 3.42. The second-order valence-electron chi connectivity index (χ2n) is 6.13. The third-order valence-corrected chi connectivity index (χ3v) is 4.42. The molecule has 0 aliphatic heterocycles. The summed E-state index contributed by atoms with van der Waals surface area (Å²) in [6.45, 7) is 4.04. The van der Waals surface area contributed by atoms with Crippen LogP contribution in [-0.4, -0.2) is 22.1 Å². The van der Waals surface area contributed by atoms with E-state index in [0.29, 0.717) is 18.5 Å². The molecule has 25 heavy (non-hydrogen) atoms. The summed E-state index contributed by atoms with van der Waals surface area (Å²) in [6.07, 6.45) is -0.598. The van der Waals surface area contributed by atoms with E-state index in [0.717, 1.165) is 27.7 Å². The van der Waals surface area contributed by atoms with Gasteiger partial charge in [0, 0.05) is 23.0 Å². The number of nitrogens with one attached hydrogen (secondary N) is 2. The molecule has 130 valence electrons. The maximum atomic E-state index is 14.1. The first kappa shape index (κ1) is 17.2. The third-order valence-electron chi connectivity index (χ3n) is 4.42. The topological polar surface area (TPSA) is 65.1 Å². The Bertz CT molecular complexity index is 917. The summed E-state index contributed by atoms with van der Waals surface area (Å²) in [5.74, 6) is -0.640. The minimum atomic E-state index is -0.981. The average molecular weight is 340 g/mol. The fraction of sp³-hybridized carbons (Fsp3) is 0.250. The van der Waals surface area contributed by atoms with Crippen LogP contribution in [-0.2, 0) is 11.3 Å². The molecular formula is C20H21FN2O2. The van der Waals surface area contributed by atoms with Crippen molar-refractivity contribution in [2.45, 2.75) is 32.9 Å². The quantitative estimate of drug-likeness (QED) is 0.663. The molecule has 0 radical (unpaired) electrons. The molecular weight excluding hydrogens is 319 g/mol. The summed E-state index contributed by atoms with van der Waals surface area (Å²) in [4.78, 5) is 15.0. The van der Waals surface area contributed by atoms with Crippen LogP contribution in [0.1, 0.15) is 24.5 Å². The van der Waals surface area contributed by atoms with Crippen LogP contribution in [0.15, 0.2) is 42.5 Å². The maximum Gasteiger partial charge on any atom is 0.249 e. The number of carbonyl (C=O) groups excluding carboxylic acids is 1. The molecule has 0 spiro atoms. The van der Waals surface area contributed by atoms with Crippen LogP contribution >= 0.6 is 0 Å². The van der Waals surface area contributed by atoms with Crippen molar-refractivity contribution in [2.24, 2.45) is 0 Å². The Morgan fingerprint density at radius 3 is 2.76 bits per heavy atom. The van der Waals surface area contributed by atoms with E-state index in [-0.39, 0.29) is 11.7 Å². The van der Waals surface area contributed by atoms with E-state index < -0.39 is 6.10 Å². The highest BCUT2D eigenvalue weighted by Gasteiger charge is 2.14. The maximum absolute atomic E-state index is 14.1. The first-order valence-electron chi connectivity index (χ1n) is 8.33. The zero-order valence-corrected chi connectivity index (χ0v) is 14.3. The number of rotatable bonds is 5. The molecule has 1 aromatic heterocycles. The molecule has 0 aliphatic rings. The van der Waals surface area contributed by atoms with Crippen LogP contribution in [0.3, 0.4) is 0 Å². The molecule has 2 aromatic carbocycles. The highest BCUT2D eigenvalue weighted by molar-refractivity contribution is 5.91. The van der Waals surface area contributed by atoms with E-state index >= 15 is 0 Å². The zero-order valence-electron chi connectivity index (χ0n) is 14.3. The van der Waals surface area contributed by atoms with Crippen LogP contribution in [0.4, 0.5) is 4.39 Å². The monoisotopic (exact) mass is 340 g/mol. The summed E-state index contributed by atoms with van der Waals surface area (Å²) in [6, 6.07) is 12.5. The number of aromatic amines is 1. The predicted octanol–water partition coefficient (Wildman–Crippen LogP) is 3.67. The van der Waals surface area contributed by atoms with Crippen LogP contribution in [0.2, 0.25) is 0 Å². The fourth-order valence-electron chi connectivity index (χ4n) is 2.91. The van der Waals surface area contributed by atoms with Crippen LogP contribution in [0.5, 0.6) is 0 Å². The normalized spacial score (nSPS) is 12.3. The molecule has 0 bridgehead atoms. The second-order valence-corrected chi connectivity index (χ2v) is 6.13. The molecule has 0 saturated heterocycles. The van der Waals surface area contributed by atoms with Gasteiger partial charge in [0.1, 0.15) is 11.9 Å². The standard InChI is InChI=1S/C20H21FN2O2/c1-3-18(24)20(25)22-11-13-8-9-17-15(10-13)12(2)19(23-17)14-6-4-5-7-16(14)21/h4-10,18,23-24H,3,11H2,1-2H3,(H,22,25). The lowest BCUT2D eigenvalue weighted by Crippen LogP contribution is -2.33. The van der Waals surface area contributed by atoms with Gasteiger partial charge in [-0.1, -0.05) is 25.1 Å². The van der Waals surface area contributed by atoms with Gasteiger partial charge in [-0.05, 0) is 48.7 Å². The summed E-state index contributed by atoms with van der Waals surface area (Å²) in [5, 5.41) is 13.2. The highest BCUT2D eigenvalue weighted by atomic mass is 19.1. The van der Waals surface area contributed by atoms with Crippen molar-refractivity contribution in [3.63, 3.8) is 0 Å². The number of aromatic nitrogens is 1. The highest BCUT2D eigenvalue weighted by Crippen LogP contribution is 2.31. The minimum Gasteiger partial charge on any atom is -0.383 e. The van der Waals surface area contributed by atoms with Gasteiger partial charge in [-0.15, -0.1) is 0 Å². The van der Waals surface area contributed by atoms with E-state index in [1.807, 2.05) is 31.2 Å². The Labute approximate surface area is 145 Å². The number of amides is 1. The van der Waals surface area contributed by atoms with Crippen molar-refractivity contribution in [3.8, 4) is 11.3 Å². The minimum absolute atomic E-state index is 0.266. The van der Waals surface area contributed by atoms with E-state index in [2.05, 4.69) is 10.3 Å². The molecule has 0 aliphatic carbocycles. The molecule has 3 aromatic rings. The Kier molecular flexibility index (Phi) is 4.86. The molecule has 0 fully saturated rings. The molecule has 1 amide bonds. The molecule has 1 unspecified atom stereocenters. The van der Waals surface area contributed by atoms with Crippen LogP contribution in [0.25, 0.3) is 22.2 Å². The van der Waals surface area contributed by atoms with E-state index in [1.165, 1.54) is 6.07 Å². The number of aliphatic hydroxyl groups excluding tert-OH is 1. The fourth-order valence-corrected chi connectivity index (χ4v) is 2.91. The average Bonchev–Trinajstić information content (AvgIpc) is 2.95. The van der Waals surface area contributed by atoms with Gasteiger partial charge < -0.3 is 15.4 Å². The van der Waals surface area contributed by atoms with Crippen LogP contribution in [0, 0.1) is 12.7 Å². The first-order valence-corrected chi connectivity index (χ1v) is 8.33. The Morgan fingerprint density at radius 2 is 2.04 bits per heavy atom. The SMILES string of the molecule is CCC(O)C(=O)NCc1ccc2[nH]c(-c3ccccc3F)c(C)c2c1. The number of aryl methyl sites for hydroxylation is 1. The Morgan fingerprint density at radius 1 is 1.28 bits per heavy atom. The van der Waals surface area contributed by atoms with Crippen molar-refractivity contribution in [1.29, 1.82) is 0 Å². The summed E-state index contributed by atoms with van der Waals surface area (Å²) < 4.78 is 14.1. The smallest absolute Gasteiger partial charge is 0.249 e. The lowest BCUT2D eigenvalue weighted by Gasteiger charge is -2.09.